The van der Waals surface area contributed by atoms with Crippen LogP contribution in [0.4, 0.5) is 5.82 Å². The summed E-state index contributed by atoms with van der Waals surface area (Å²) >= 11 is 3.52. The van der Waals surface area contributed by atoms with Crippen molar-refractivity contribution in [2.24, 2.45) is 0 Å². The number of benzene rings is 1. The lowest BCUT2D eigenvalue weighted by molar-refractivity contribution is 0.390. The fraction of sp³-hybridized carbons (Fsp3) is 0.312. The van der Waals surface area contributed by atoms with Crippen LogP contribution in [-0.4, -0.2) is 25.7 Å². The number of ether oxygens (including phenoxy) is 2. The minimum absolute atomic E-state index is 0.717. The van der Waals surface area contributed by atoms with Gasteiger partial charge < -0.3 is 14.8 Å². The summed E-state index contributed by atoms with van der Waals surface area (Å²) in [4.78, 5) is 4.63. The Morgan fingerprint density at radius 1 is 1.14 bits per heavy atom. The third-order valence-corrected chi connectivity index (χ3v) is 3.82. The number of halogens is 1. The van der Waals surface area contributed by atoms with Gasteiger partial charge in [0.1, 0.15) is 21.8 Å². The van der Waals surface area contributed by atoms with Crippen LogP contribution in [0, 0.1) is 0 Å². The number of rotatable bonds is 6. The highest BCUT2D eigenvalue weighted by Crippen LogP contribution is 2.41. The van der Waals surface area contributed by atoms with E-state index in [0.29, 0.717) is 0 Å². The molecule has 0 spiro atoms. The molecule has 0 aliphatic rings. The zero-order chi connectivity index (χ0) is 15.2. The molecule has 2 aromatic rings. The van der Waals surface area contributed by atoms with E-state index in [2.05, 4.69) is 33.2 Å². The summed E-state index contributed by atoms with van der Waals surface area (Å²) in [6, 6.07) is 9.76. The molecule has 21 heavy (non-hydrogen) atoms. The van der Waals surface area contributed by atoms with Crippen LogP contribution in [0.15, 0.2) is 34.8 Å². The normalized spacial score (nSPS) is 10.3. The smallest absolute Gasteiger partial charge is 0.146 e. The Morgan fingerprint density at radius 3 is 2.62 bits per heavy atom. The maximum Gasteiger partial charge on any atom is 0.146 e. The van der Waals surface area contributed by atoms with Crippen molar-refractivity contribution in [2.75, 3.05) is 26.1 Å². The third kappa shape index (κ3) is 3.47. The van der Waals surface area contributed by atoms with Crippen molar-refractivity contribution in [3.63, 3.8) is 0 Å². The lowest BCUT2D eigenvalue weighted by Crippen LogP contribution is -2.02. The van der Waals surface area contributed by atoms with E-state index in [1.54, 1.807) is 14.2 Å². The summed E-state index contributed by atoms with van der Waals surface area (Å²) in [7, 11) is 3.27. The van der Waals surface area contributed by atoms with Crippen LogP contribution in [0.5, 0.6) is 11.5 Å². The quantitative estimate of drug-likeness (QED) is 0.840. The number of pyridine rings is 1. The van der Waals surface area contributed by atoms with E-state index < -0.39 is 0 Å². The van der Waals surface area contributed by atoms with E-state index >= 15 is 0 Å². The fourth-order valence-corrected chi connectivity index (χ4v) is 2.70. The first-order valence-electron chi connectivity index (χ1n) is 6.83. The fourth-order valence-electron chi connectivity index (χ4n) is 2.03. The first kappa shape index (κ1) is 15.6. The minimum Gasteiger partial charge on any atom is -0.495 e. The van der Waals surface area contributed by atoms with Crippen LogP contribution in [-0.2, 0) is 0 Å². The average Bonchev–Trinajstić information content (AvgIpc) is 2.52. The molecule has 0 saturated heterocycles. The second-order valence-corrected chi connectivity index (χ2v) is 5.29. The number of hydrogen-bond acceptors (Lipinski definition) is 4. The van der Waals surface area contributed by atoms with Crippen LogP contribution in [0.3, 0.4) is 0 Å². The van der Waals surface area contributed by atoms with E-state index in [9.17, 15) is 0 Å². The topological polar surface area (TPSA) is 43.4 Å². The second-order valence-electron chi connectivity index (χ2n) is 4.50. The molecule has 0 amide bonds. The van der Waals surface area contributed by atoms with Gasteiger partial charge in [0.05, 0.1) is 19.9 Å². The monoisotopic (exact) mass is 350 g/mol. The van der Waals surface area contributed by atoms with Gasteiger partial charge in [-0.25, -0.2) is 4.98 Å². The van der Waals surface area contributed by atoms with Gasteiger partial charge in [-0.15, -0.1) is 0 Å². The van der Waals surface area contributed by atoms with Crippen LogP contribution in [0.25, 0.3) is 11.3 Å². The van der Waals surface area contributed by atoms with Crippen LogP contribution < -0.4 is 14.8 Å². The lowest BCUT2D eigenvalue weighted by Gasteiger charge is -2.14. The predicted octanol–water partition coefficient (Wildman–Crippen LogP) is 4.35. The minimum atomic E-state index is 0.717. The maximum absolute atomic E-state index is 5.51. The average molecular weight is 351 g/mol. The highest BCUT2D eigenvalue weighted by atomic mass is 79.9. The highest BCUT2D eigenvalue weighted by Gasteiger charge is 2.15. The van der Waals surface area contributed by atoms with Crippen LogP contribution >= 0.6 is 15.9 Å². The molecule has 0 aliphatic carbocycles. The van der Waals surface area contributed by atoms with Gasteiger partial charge >= 0.3 is 0 Å². The van der Waals surface area contributed by atoms with E-state index in [4.69, 9.17) is 9.47 Å². The largest absolute Gasteiger partial charge is 0.495 e. The number of anilines is 1. The van der Waals surface area contributed by atoms with Gasteiger partial charge in [0.15, 0.2) is 0 Å². The van der Waals surface area contributed by atoms with Crippen molar-refractivity contribution in [3.05, 3.63) is 34.8 Å². The van der Waals surface area contributed by atoms with Gasteiger partial charge in [-0.1, -0.05) is 13.0 Å². The molecule has 1 aromatic heterocycles. The van der Waals surface area contributed by atoms with E-state index in [0.717, 1.165) is 46.0 Å². The van der Waals surface area contributed by atoms with Gasteiger partial charge in [-0.3, -0.25) is 0 Å². The Bertz CT molecular complexity index is 617. The van der Waals surface area contributed by atoms with Crippen molar-refractivity contribution < 1.29 is 9.47 Å². The molecule has 0 aliphatic heterocycles. The van der Waals surface area contributed by atoms with Crippen LogP contribution in [0.2, 0.25) is 0 Å². The van der Waals surface area contributed by atoms with Gasteiger partial charge in [0.2, 0.25) is 0 Å². The number of nitrogens with zero attached hydrogens (tertiary/aromatic N) is 1. The molecule has 4 nitrogen and oxygen atoms in total. The molecule has 0 radical (unpaired) electrons. The number of hydrogen-bond donors (Lipinski definition) is 1. The first-order valence-corrected chi connectivity index (χ1v) is 7.62. The van der Waals surface area contributed by atoms with E-state index in [-0.39, 0.29) is 0 Å². The number of aromatic nitrogens is 1. The van der Waals surface area contributed by atoms with Crippen molar-refractivity contribution in [1.82, 2.24) is 4.98 Å². The van der Waals surface area contributed by atoms with Gasteiger partial charge in [0, 0.05) is 12.1 Å². The standard InChI is InChI=1S/C16H19BrN2O2/c1-4-10-18-14-7-5-6-12(19-14)11-8-9-13(20-2)15(17)16(11)21-3/h5-9H,4,10H2,1-3H3,(H,18,19). The Hall–Kier alpha value is -1.75. The Kier molecular flexibility index (Phi) is 5.44. The highest BCUT2D eigenvalue weighted by molar-refractivity contribution is 9.10. The van der Waals surface area contributed by atoms with Crippen LogP contribution in [0.1, 0.15) is 13.3 Å². The van der Waals surface area contributed by atoms with Crippen molar-refractivity contribution in [1.29, 1.82) is 0 Å². The molecule has 1 aromatic carbocycles. The van der Waals surface area contributed by atoms with Crippen molar-refractivity contribution in [2.45, 2.75) is 13.3 Å². The number of methoxy groups -OCH3 is 2. The molecule has 0 saturated carbocycles. The van der Waals surface area contributed by atoms with Gasteiger partial charge in [0.25, 0.3) is 0 Å². The molecule has 0 fully saturated rings. The molecule has 5 heteroatoms. The summed E-state index contributed by atoms with van der Waals surface area (Å²) in [5.41, 5.74) is 1.78. The summed E-state index contributed by atoms with van der Waals surface area (Å²) in [6.07, 6.45) is 1.06. The summed E-state index contributed by atoms with van der Waals surface area (Å²) in [5, 5.41) is 3.29. The van der Waals surface area contributed by atoms with Crippen molar-refractivity contribution >= 4 is 21.7 Å². The molecule has 0 bridgehead atoms. The maximum atomic E-state index is 5.51. The second kappa shape index (κ2) is 7.31. The van der Waals surface area contributed by atoms with Crippen molar-refractivity contribution in [3.8, 4) is 22.8 Å². The zero-order valence-electron chi connectivity index (χ0n) is 12.4. The number of nitrogens with one attached hydrogen (secondary N) is 1. The van der Waals surface area contributed by atoms with E-state index in [1.807, 2.05) is 30.3 Å². The summed E-state index contributed by atoms with van der Waals surface area (Å²) in [5.74, 6) is 2.31. The molecule has 1 N–H and O–H groups in total. The third-order valence-electron chi connectivity index (χ3n) is 3.07. The molecule has 0 atom stereocenters. The molecular weight excluding hydrogens is 332 g/mol. The summed E-state index contributed by atoms with van der Waals surface area (Å²) in [6.45, 7) is 3.03. The Labute approximate surface area is 133 Å². The Balaban J connectivity index is 2.44. The molecular formula is C16H19BrN2O2. The molecule has 0 unspecified atom stereocenters. The zero-order valence-corrected chi connectivity index (χ0v) is 14.0. The summed E-state index contributed by atoms with van der Waals surface area (Å²) < 4.78 is 11.6. The van der Waals surface area contributed by atoms with Gasteiger partial charge in [-0.2, -0.15) is 0 Å². The Morgan fingerprint density at radius 2 is 1.95 bits per heavy atom. The van der Waals surface area contributed by atoms with E-state index in [1.165, 1.54) is 0 Å². The molecule has 112 valence electrons. The predicted molar refractivity (Wildman–Crippen MR) is 89.3 cm³/mol. The first-order chi connectivity index (χ1) is 10.2. The molecule has 1 heterocycles. The SMILES string of the molecule is CCCNc1cccc(-c2ccc(OC)c(Br)c2OC)n1. The van der Waals surface area contributed by atoms with Gasteiger partial charge in [-0.05, 0) is 46.6 Å². The molecule has 2 rings (SSSR count). The lowest BCUT2D eigenvalue weighted by atomic mass is 10.1.